The van der Waals surface area contributed by atoms with Gasteiger partial charge in [-0.3, -0.25) is 0 Å². The highest BCUT2D eigenvalue weighted by Gasteiger charge is 2.37. The molecule has 0 saturated heterocycles. The molecule has 0 amide bonds. The van der Waals surface area contributed by atoms with Crippen LogP contribution in [-0.4, -0.2) is 22.7 Å². The Hall–Kier alpha value is -1.49. The molecule has 0 bridgehead atoms. The summed E-state index contributed by atoms with van der Waals surface area (Å²) in [5.41, 5.74) is 0.828. The SMILES string of the molecule is COC1(Cc2nc3cc(F)c(F)cc3[nH]2)CCC1. The second-order valence-electron chi connectivity index (χ2n) is 4.88. The fraction of sp³-hybridized carbons (Fsp3) is 0.462. The Bertz CT molecular complexity index is 545. The average Bonchev–Trinajstić information content (AvgIpc) is 2.66. The number of ether oxygens (including phenoxy) is 1. The Balaban J connectivity index is 1.93. The molecule has 1 aliphatic carbocycles. The molecule has 0 unspecified atom stereocenters. The molecule has 0 spiro atoms. The minimum absolute atomic E-state index is 0.148. The number of fused-ring (bicyclic) bond motifs is 1. The van der Waals surface area contributed by atoms with Gasteiger partial charge in [0.25, 0.3) is 0 Å². The summed E-state index contributed by atoms with van der Waals surface area (Å²) >= 11 is 0. The predicted octanol–water partition coefficient (Wildman–Crippen LogP) is 2.95. The number of methoxy groups -OCH3 is 1. The number of aromatic amines is 1. The van der Waals surface area contributed by atoms with Crippen molar-refractivity contribution < 1.29 is 13.5 Å². The monoisotopic (exact) mass is 252 g/mol. The van der Waals surface area contributed by atoms with Crippen LogP contribution in [0.4, 0.5) is 8.78 Å². The molecule has 1 saturated carbocycles. The Morgan fingerprint density at radius 2 is 2.06 bits per heavy atom. The molecule has 3 nitrogen and oxygen atoms in total. The van der Waals surface area contributed by atoms with Crippen molar-refractivity contribution in [1.29, 1.82) is 0 Å². The zero-order chi connectivity index (χ0) is 12.8. The molecule has 0 radical (unpaired) electrons. The highest BCUT2D eigenvalue weighted by molar-refractivity contribution is 5.75. The third-order valence-electron chi connectivity index (χ3n) is 3.76. The van der Waals surface area contributed by atoms with Gasteiger partial charge >= 0.3 is 0 Å². The number of H-pyrrole nitrogens is 1. The number of rotatable bonds is 3. The largest absolute Gasteiger partial charge is 0.378 e. The summed E-state index contributed by atoms with van der Waals surface area (Å²) in [6.45, 7) is 0. The van der Waals surface area contributed by atoms with Gasteiger partial charge in [0, 0.05) is 25.7 Å². The smallest absolute Gasteiger partial charge is 0.161 e. The van der Waals surface area contributed by atoms with Crippen molar-refractivity contribution in [1.82, 2.24) is 9.97 Å². The number of hydrogen-bond donors (Lipinski definition) is 1. The van der Waals surface area contributed by atoms with Crippen LogP contribution in [0.5, 0.6) is 0 Å². The zero-order valence-electron chi connectivity index (χ0n) is 10.1. The molecule has 1 heterocycles. The van der Waals surface area contributed by atoms with Crippen molar-refractivity contribution in [3.8, 4) is 0 Å². The quantitative estimate of drug-likeness (QED) is 0.912. The number of nitrogens with zero attached hydrogens (tertiary/aromatic N) is 1. The van der Waals surface area contributed by atoms with Crippen LogP contribution in [0.1, 0.15) is 25.1 Å². The maximum Gasteiger partial charge on any atom is 0.161 e. The van der Waals surface area contributed by atoms with E-state index in [1.807, 2.05) is 0 Å². The fourth-order valence-corrected chi connectivity index (χ4v) is 2.47. The lowest BCUT2D eigenvalue weighted by molar-refractivity contribution is -0.0719. The van der Waals surface area contributed by atoms with Gasteiger partial charge in [-0.15, -0.1) is 0 Å². The van der Waals surface area contributed by atoms with Gasteiger partial charge in [0.15, 0.2) is 11.6 Å². The summed E-state index contributed by atoms with van der Waals surface area (Å²) in [6, 6.07) is 2.26. The number of benzene rings is 1. The van der Waals surface area contributed by atoms with E-state index in [4.69, 9.17) is 4.74 Å². The first-order valence-corrected chi connectivity index (χ1v) is 6.01. The first kappa shape index (κ1) is 11.6. The van der Waals surface area contributed by atoms with Gasteiger partial charge in [0.2, 0.25) is 0 Å². The van der Waals surface area contributed by atoms with Gasteiger partial charge in [-0.05, 0) is 19.3 Å². The van der Waals surface area contributed by atoms with Gasteiger partial charge in [0.1, 0.15) is 5.82 Å². The van der Waals surface area contributed by atoms with E-state index in [-0.39, 0.29) is 5.60 Å². The number of halogens is 2. The second kappa shape index (κ2) is 4.02. The summed E-state index contributed by atoms with van der Waals surface area (Å²) in [5.74, 6) is -1.01. The standard InChI is InChI=1S/C13H14F2N2O/c1-18-13(3-2-4-13)7-12-16-10-5-8(14)9(15)6-11(10)17-12/h5-6H,2-4,7H2,1H3,(H,16,17). The maximum absolute atomic E-state index is 13.1. The van der Waals surface area contributed by atoms with E-state index in [1.54, 1.807) is 7.11 Å². The first-order chi connectivity index (χ1) is 8.62. The Morgan fingerprint density at radius 1 is 1.33 bits per heavy atom. The van der Waals surface area contributed by atoms with E-state index in [2.05, 4.69) is 9.97 Å². The summed E-state index contributed by atoms with van der Waals surface area (Å²) in [6.07, 6.45) is 3.81. The molecular weight excluding hydrogens is 238 g/mol. The maximum atomic E-state index is 13.1. The van der Waals surface area contributed by atoms with Crippen LogP contribution in [0.2, 0.25) is 0 Å². The molecular formula is C13H14F2N2O. The minimum Gasteiger partial charge on any atom is -0.378 e. The van der Waals surface area contributed by atoms with E-state index in [9.17, 15) is 8.78 Å². The summed E-state index contributed by atoms with van der Waals surface area (Å²) < 4.78 is 31.7. The van der Waals surface area contributed by atoms with Crippen molar-refractivity contribution in [2.24, 2.45) is 0 Å². The lowest BCUT2D eigenvalue weighted by Crippen LogP contribution is -2.41. The molecule has 2 aromatic rings. The molecule has 3 rings (SSSR count). The predicted molar refractivity (Wildman–Crippen MR) is 63.3 cm³/mol. The average molecular weight is 252 g/mol. The summed E-state index contributed by atoms with van der Waals surface area (Å²) in [5, 5.41) is 0. The number of aromatic nitrogens is 2. The van der Waals surface area contributed by atoms with E-state index in [0.29, 0.717) is 17.5 Å². The van der Waals surface area contributed by atoms with Crippen LogP contribution in [-0.2, 0) is 11.2 Å². The van der Waals surface area contributed by atoms with Crippen molar-refractivity contribution in [2.45, 2.75) is 31.3 Å². The molecule has 18 heavy (non-hydrogen) atoms. The van der Waals surface area contributed by atoms with Crippen LogP contribution < -0.4 is 0 Å². The Morgan fingerprint density at radius 3 is 2.67 bits per heavy atom. The molecule has 1 aromatic carbocycles. The van der Waals surface area contributed by atoms with Gasteiger partial charge in [-0.25, -0.2) is 13.8 Å². The normalized spacial score (nSPS) is 17.9. The lowest BCUT2D eigenvalue weighted by atomic mass is 9.77. The van der Waals surface area contributed by atoms with E-state index in [0.717, 1.165) is 37.2 Å². The molecule has 1 aliphatic rings. The van der Waals surface area contributed by atoms with E-state index >= 15 is 0 Å². The lowest BCUT2D eigenvalue weighted by Gasteiger charge is -2.39. The van der Waals surface area contributed by atoms with Gasteiger partial charge < -0.3 is 9.72 Å². The van der Waals surface area contributed by atoms with Crippen LogP contribution in [0, 0.1) is 11.6 Å². The van der Waals surface area contributed by atoms with Gasteiger partial charge in [-0.1, -0.05) is 0 Å². The molecule has 1 aromatic heterocycles. The molecule has 0 aliphatic heterocycles. The van der Waals surface area contributed by atoms with Crippen molar-refractivity contribution in [2.75, 3.05) is 7.11 Å². The second-order valence-corrected chi connectivity index (χ2v) is 4.88. The number of hydrogen-bond acceptors (Lipinski definition) is 2. The highest BCUT2D eigenvalue weighted by atomic mass is 19.2. The van der Waals surface area contributed by atoms with Gasteiger partial charge in [0.05, 0.1) is 16.6 Å². The zero-order valence-corrected chi connectivity index (χ0v) is 10.1. The molecule has 96 valence electrons. The fourth-order valence-electron chi connectivity index (χ4n) is 2.47. The van der Waals surface area contributed by atoms with Gasteiger partial charge in [-0.2, -0.15) is 0 Å². The van der Waals surface area contributed by atoms with Crippen molar-refractivity contribution >= 4 is 11.0 Å². The van der Waals surface area contributed by atoms with E-state index in [1.165, 1.54) is 0 Å². The van der Waals surface area contributed by atoms with Crippen LogP contribution >= 0.6 is 0 Å². The van der Waals surface area contributed by atoms with Crippen molar-refractivity contribution in [3.05, 3.63) is 29.6 Å². The summed E-state index contributed by atoms with van der Waals surface area (Å²) in [7, 11) is 1.70. The summed E-state index contributed by atoms with van der Waals surface area (Å²) in [4.78, 5) is 7.31. The topological polar surface area (TPSA) is 37.9 Å². The number of nitrogens with one attached hydrogen (secondary N) is 1. The van der Waals surface area contributed by atoms with Crippen LogP contribution in [0.25, 0.3) is 11.0 Å². The molecule has 1 fully saturated rings. The molecule has 5 heteroatoms. The molecule has 0 atom stereocenters. The first-order valence-electron chi connectivity index (χ1n) is 6.01. The molecule has 1 N–H and O–H groups in total. The van der Waals surface area contributed by atoms with Crippen LogP contribution in [0.3, 0.4) is 0 Å². The third kappa shape index (κ3) is 1.79. The Kier molecular flexibility index (Phi) is 2.59. The third-order valence-corrected chi connectivity index (χ3v) is 3.76. The minimum atomic E-state index is -0.870. The number of imidazole rings is 1. The highest BCUT2D eigenvalue weighted by Crippen LogP contribution is 2.37. The van der Waals surface area contributed by atoms with Crippen molar-refractivity contribution in [3.63, 3.8) is 0 Å². The van der Waals surface area contributed by atoms with Crippen LogP contribution in [0.15, 0.2) is 12.1 Å². The Labute approximate surface area is 103 Å². The van der Waals surface area contributed by atoms with E-state index < -0.39 is 11.6 Å².